The highest BCUT2D eigenvalue weighted by Crippen LogP contribution is 1.85. The van der Waals surface area contributed by atoms with E-state index in [0.29, 0.717) is 0 Å². The lowest BCUT2D eigenvalue weighted by molar-refractivity contribution is -0.541. The molecule has 5 heteroatoms. The minimum Gasteiger partial charge on any atom is -0.368 e. The molecular weight excluding hydrogens is 170 g/mol. The van der Waals surface area contributed by atoms with E-state index in [1.165, 1.54) is 12.4 Å². The molecule has 0 radical (unpaired) electrons. The molecule has 68 valence electrons. The third-order valence-electron chi connectivity index (χ3n) is 1.27. The van der Waals surface area contributed by atoms with Crippen molar-refractivity contribution in [3.63, 3.8) is 0 Å². The Morgan fingerprint density at radius 2 is 1.62 bits per heavy atom. The molecular formula is C8H9N3O2. The number of rotatable bonds is 1. The summed E-state index contributed by atoms with van der Waals surface area (Å²) in [5.74, 6) is 0. The first-order valence-corrected chi connectivity index (χ1v) is 3.66. The van der Waals surface area contributed by atoms with Crippen molar-refractivity contribution in [2.24, 2.45) is 0 Å². The van der Waals surface area contributed by atoms with Crippen molar-refractivity contribution < 1.29 is 5.03 Å². The maximum Gasteiger partial charge on any atom is 0.169 e. The lowest BCUT2D eigenvalue weighted by Crippen LogP contribution is -2.03. The summed E-state index contributed by atoms with van der Waals surface area (Å²) in [6.07, 6.45) is 6.50. The van der Waals surface area contributed by atoms with Gasteiger partial charge in [-0.1, -0.05) is 4.68 Å². The van der Waals surface area contributed by atoms with E-state index in [9.17, 15) is 10.1 Å². The van der Waals surface area contributed by atoms with E-state index < -0.39 is 5.03 Å². The Hall–Kier alpha value is -2.04. The summed E-state index contributed by atoms with van der Waals surface area (Å²) in [4.78, 5) is 12.7. The van der Waals surface area contributed by atoms with Crippen molar-refractivity contribution in [1.82, 2.24) is 9.66 Å². The van der Waals surface area contributed by atoms with Gasteiger partial charge in [0.15, 0.2) is 5.03 Å². The van der Waals surface area contributed by atoms with Crippen LogP contribution in [-0.4, -0.2) is 14.7 Å². The van der Waals surface area contributed by atoms with Crippen LogP contribution >= 0.6 is 0 Å². The molecule has 2 aromatic rings. The van der Waals surface area contributed by atoms with Crippen LogP contribution < -0.4 is 0 Å². The zero-order chi connectivity index (χ0) is 9.52. The summed E-state index contributed by atoms with van der Waals surface area (Å²) in [5.41, 5.74) is 0. The minimum atomic E-state index is -0.500. The highest BCUT2D eigenvalue weighted by molar-refractivity contribution is 4.87. The Labute approximate surface area is 74.7 Å². The number of aromatic nitrogens is 2. The van der Waals surface area contributed by atoms with Gasteiger partial charge in [-0.2, -0.15) is 0 Å². The van der Waals surface area contributed by atoms with E-state index in [1.54, 1.807) is 12.1 Å². The first kappa shape index (κ1) is 9.05. The minimum absolute atomic E-state index is 0.500. The van der Waals surface area contributed by atoms with Gasteiger partial charge in [-0.15, -0.1) is 0 Å². The fourth-order valence-corrected chi connectivity index (χ4v) is 0.712. The fourth-order valence-electron chi connectivity index (χ4n) is 0.712. The van der Waals surface area contributed by atoms with Gasteiger partial charge in [-0.05, 0) is 24.3 Å². The van der Waals surface area contributed by atoms with Gasteiger partial charge >= 0.3 is 0 Å². The highest BCUT2D eigenvalue weighted by atomic mass is 16.7. The maximum absolute atomic E-state index is 9.83. The largest absolute Gasteiger partial charge is 0.368 e. The number of nitrogens with one attached hydrogen (secondary N) is 1. The summed E-state index contributed by atoms with van der Waals surface area (Å²) >= 11 is 0. The smallest absolute Gasteiger partial charge is 0.169 e. The molecule has 0 spiro atoms. The van der Waals surface area contributed by atoms with E-state index in [4.69, 9.17) is 0 Å². The van der Waals surface area contributed by atoms with Crippen molar-refractivity contribution >= 4 is 0 Å². The van der Waals surface area contributed by atoms with Crippen LogP contribution in [-0.2, 0) is 0 Å². The van der Waals surface area contributed by atoms with Crippen molar-refractivity contribution in [3.05, 3.63) is 59.2 Å². The topological polar surface area (TPSA) is 63.9 Å². The molecule has 0 atom stereocenters. The zero-order valence-corrected chi connectivity index (χ0v) is 6.83. The van der Waals surface area contributed by atoms with E-state index in [2.05, 4.69) is 4.98 Å². The Morgan fingerprint density at radius 3 is 1.85 bits per heavy atom. The highest BCUT2D eigenvalue weighted by Gasteiger charge is 1.93. The molecule has 0 aromatic carbocycles. The van der Waals surface area contributed by atoms with Crippen LogP contribution in [0.25, 0.3) is 0 Å². The van der Waals surface area contributed by atoms with E-state index >= 15 is 0 Å². The van der Waals surface area contributed by atoms with Crippen LogP contribution in [0.3, 0.4) is 0 Å². The average Bonchev–Trinajstić information content (AvgIpc) is 2.82. The third-order valence-corrected chi connectivity index (χ3v) is 1.27. The summed E-state index contributed by atoms with van der Waals surface area (Å²) in [6, 6.07) is 7.09. The summed E-state index contributed by atoms with van der Waals surface area (Å²) in [7, 11) is 0. The lowest BCUT2D eigenvalue weighted by atomic mass is 10.7. The average molecular weight is 179 g/mol. The van der Waals surface area contributed by atoms with Crippen molar-refractivity contribution in [3.8, 4) is 0 Å². The summed E-state index contributed by atoms with van der Waals surface area (Å²) in [5, 5.41) is 9.33. The normalized spacial score (nSPS) is 8.62. The number of nitrogens with zero attached hydrogens (tertiary/aromatic N) is 2. The summed E-state index contributed by atoms with van der Waals surface area (Å²) in [6.45, 7) is 0. The van der Waals surface area contributed by atoms with Gasteiger partial charge in [0.25, 0.3) is 0 Å². The first-order chi connectivity index (χ1) is 6.30. The molecule has 2 rings (SSSR count). The third kappa shape index (κ3) is 3.24. The van der Waals surface area contributed by atoms with Crippen LogP contribution in [0.1, 0.15) is 0 Å². The molecule has 2 heterocycles. The van der Waals surface area contributed by atoms with Crippen LogP contribution in [0.4, 0.5) is 0 Å². The second-order valence-corrected chi connectivity index (χ2v) is 2.19. The molecule has 1 N–H and O–H groups in total. The van der Waals surface area contributed by atoms with Crippen LogP contribution in [0, 0.1) is 10.1 Å². The van der Waals surface area contributed by atoms with Gasteiger partial charge in [-0.3, -0.25) is 0 Å². The Kier molecular flexibility index (Phi) is 3.31. The molecule has 0 fully saturated rings. The Balaban J connectivity index is 0.000000145. The summed E-state index contributed by atoms with van der Waals surface area (Å²) < 4.78 is 0.889. The van der Waals surface area contributed by atoms with Gasteiger partial charge < -0.3 is 4.98 Å². The second kappa shape index (κ2) is 4.76. The predicted molar refractivity (Wildman–Crippen MR) is 47.6 cm³/mol. The molecule has 0 amide bonds. The zero-order valence-electron chi connectivity index (χ0n) is 6.83. The van der Waals surface area contributed by atoms with E-state index in [1.807, 2.05) is 24.5 Å². The molecule has 0 aliphatic rings. The van der Waals surface area contributed by atoms with Crippen molar-refractivity contribution in [1.29, 1.82) is 0 Å². The second-order valence-electron chi connectivity index (χ2n) is 2.19. The van der Waals surface area contributed by atoms with Gasteiger partial charge in [0, 0.05) is 12.4 Å². The molecule has 0 aliphatic carbocycles. The monoisotopic (exact) mass is 179 g/mol. The molecule has 0 saturated heterocycles. The molecule has 0 bridgehead atoms. The lowest BCUT2D eigenvalue weighted by Gasteiger charge is -1.83. The maximum atomic E-state index is 9.83. The van der Waals surface area contributed by atoms with Gasteiger partial charge in [-0.25, -0.2) is 10.1 Å². The fraction of sp³-hybridized carbons (Fsp3) is 0. The Morgan fingerprint density at radius 1 is 1.08 bits per heavy atom. The van der Waals surface area contributed by atoms with E-state index in [0.717, 1.165) is 4.68 Å². The number of hydrogen-bond acceptors (Lipinski definition) is 2. The van der Waals surface area contributed by atoms with Crippen molar-refractivity contribution in [2.75, 3.05) is 0 Å². The number of aromatic amines is 1. The Bertz CT molecular complexity index is 309. The molecule has 0 aliphatic heterocycles. The molecule has 0 unspecified atom stereocenters. The van der Waals surface area contributed by atoms with Gasteiger partial charge in [0.2, 0.25) is 0 Å². The standard InChI is InChI=1S/C4H4N2O2.C4H5N/c7-6(8)5-3-1-2-4-5;1-2-4-5-3-1/h1-4H;1-5H. The number of nitro groups is 1. The van der Waals surface area contributed by atoms with Crippen LogP contribution in [0.15, 0.2) is 49.1 Å². The van der Waals surface area contributed by atoms with Crippen LogP contribution in [0.5, 0.6) is 0 Å². The van der Waals surface area contributed by atoms with Gasteiger partial charge in [0.1, 0.15) is 0 Å². The quantitative estimate of drug-likeness (QED) is 0.533. The number of hydrogen-bond donors (Lipinski definition) is 1. The number of H-pyrrole nitrogens is 1. The molecule has 0 saturated carbocycles. The first-order valence-electron chi connectivity index (χ1n) is 3.66. The van der Waals surface area contributed by atoms with Gasteiger partial charge in [0.05, 0.1) is 12.4 Å². The molecule has 13 heavy (non-hydrogen) atoms. The van der Waals surface area contributed by atoms with E-state index in [-0.39, 0.29) is 0 Å². The predicted octanol–water partition coefficient (Wildman–Crippen LogP) is 1.54. The van der Waals surface area contributed by atoms with Crippen LogP contribution in [0.2, 0.25) is 0 Å². The van der Waals surface area contributed by atoms with Crippen molar-refractivity contribution in [2.45, 2.75) is 0 Å². The molecule has 2 aromatic heterocycles. The SMILES string of the molecule is O=[N+]([O-])n1cccc1.c1cc[nH]c1. The molecule has 5 nitrogen and oxygen atoms in total.